The highest BCUT2D eigenvalue weighted by atomic mass is 32.2. The van der Waals surface area contributed by atoms with Crippen molar-refractivity contribution in [1.82, 2.24) is 9.21 Å². The van der Waals surface area contributed by atoms with Gasteiger partial charge in [0.15, 0.2) is 5.60 Å². The first-order valence-electron chi connectivity index (χ1n) is 9.62. The van der Waals surface area contributed by atoms with E-state index in [0.717, 1.165) is 16.4 Å². The van der Waals surface area contributed by atoms with Crippen LogP contribution < -0.4 is 0 Å². The topological polar surface area (TPSA) is 66.9 Å². The predicted octanol–water partition coefficient (Wildman–Crippen LogP) is 3.68. The lowest BCUT2D eigenvalue weighted by molar-refractivity contribution is 0.0128. The van der Waals surface area contributed by atoms with Crippen LogP contribution in [0.2, 0.25) is 0 Å². The third-order valence-electron chi connectivity index (χ3n) is 5.69. The van der Waals surface area contributed by atoms with Gasteiger partial charge in [-0.15, -0.1) is 0 Å². The number of nitrogens with zero attached hydrogens (tertiary/aromatic N) is 2. The van der Waals surface area contributed by atoms with Gasteiger partial charge in [0.1, 0.15) is 0 Å². The number of amides is 1. The van der Waals surface area contributed by atoms with Gasteiger partial charge in [0.05, 0.1) is 10.6 Å². The molecule has 2 aliphatic rings. The number of carbonyl (C=O) groups is 1. The van der Waals surface area contributed by atoms with Crippen LogP contribution in [0, 0.1) is 6.92 Å². The van der Waals surface area contributed by atoms with Crippen LogP contribution in [-0.4, -0.2) is 42.4 Å². The Bertz CT molecular complexity index is 1020. The highest BCUT2D eigenvalue weighted by Gasteiger charge is 2.54. The molecule has 0 saturated carbocycles. The van der Waals surface area contributed by atoms with Crippen LogP contribution in [0.3, 0.4) is 0 Å². The number of carbonyl (C=O) groups excluding carboxylic acids is 1. The van der Waals surface area contributed by atoms with Crippen LogP contribution in [0.15, 0.2) is 71.8 Å². The Morgan fingerprint density at radius 3 is 2.28 bits per heavy atom. The zero-order valence-electron chi connectivity index (χ0n) is 16.4. The lowest BCUT2D eigenvalue weighted by atomic mass is 9.89. The van der Waals surface area contributed by atoms with Gasteiger partial charge in [-0.05, 0) is 24.6 Å². The van der Waals surface area contributed by atoms with Crippen LogP contribution in [0.4, 0.5) is 4.79 Å². The third-order valence-corrected chi connectivity index (χ3v) is 7.41. The molecule has 6 nitrogen and oxygen atoms in total. The highest BCUT2D eigenvalue weighted by molar-refractivity contribution is 7.89. The summed E-state index contributed by atoms with van der Waals surface area (Å²) in [6.07, 6.45) is 0.168. The van der Waals surface area contributed by atoms with Crippen LogP contribution in [0.25, 0.3) is 0 Å². The summed E-state index contributed by atoms with van der Waals surface area (Å²) in [6, 6.07) is 16.6. The maximum absolute atomic E-state index is 13.1. The summed E-state index contributed by atoms with van der Waals surface area (Å²) in [5.74, 6) is 0. The zero-order valence-corrected chi connectivity index (χ0v) is 17.2. The second-order valence-electron chi connectivity index (χ2n) is 7.65. The molecular formula is C22H24N2O4S. The molecule has 29 heavy (non-hydrogen) atoms. The number of benzene rings is 2. The number of ether oxygens (including phenoxy) is 1. The molecule has 1 spiro atoms. The van der Waals surface area contributed by atoms with E-state index in [0.29, 0.717) is 25.9 Å². The van der Waals surface area contributed by atoms with Crippen molar-refractivity contribution in [3.63, 3.8) is 0 Å². The van der Waals surface area contributed by atoms with E-state index in [-0.39, 0.29) is 10.6 Å². The standard InChI is InChI=1S/C22H24N2O4S/c1-17-8-10-20(11-9-17)29(26,27)24-18(2)22(28-21(24)25)12-14-23(15-13-22)16-19-6-4-3-5-7-19/h3-11H,2,12-16H2,1H3. The molecule has 2 aromatic rings. The summed E-state index contributed by atoms with van der Waals surface area (Å²) in [6.45, 7) is 8.03. The van der Waals surface area contributed by atoms with E-state index < -0.39 is 21.7 Å². The fourth-order valence-electron chi connectivity index (χ4n) is 3.93. The SMILES string of the molecule is C=C1N(S(=O)(=O)c2ccc(C)cc2)C(=O)OC12CCN(Cc1ccccc1)CC2. The lowest BCUT2D eigenvalue weighted by Crippen LogP contribution is -2.45. The summed E-state index contributed by atoms with van der Waals surface area (Å²) in [7, 11) is -4.05. The summed E-state index contributed by atoms with van der Waals surface area (Å²) >= 11 is 0. The third kappa shape index (κ3) is 3.56. The maximum Gasteiger partial charge on any atom is 0.429 e. The molecule has 2 aliphatic heterocycles. The summed E-state index contributed by atoms with van der Waals surface area (Å²) in [4.78, 5) is 14.9. The first kappa shape index (κ1) is 19.7. The van der Waals surface area contributed by atoms with Gasteiger partial charge in [0.2, 0.25) is 0 Å². The van der Waals surface area contributed by atoms with E-state index in [1.807, 2.05) is 25.1 Å². The van der Waals surface area contributed by atoms with Crippen molar-refractivity contribution in [2.24, 2.45) is 0 Å². The van der Waals surface area contributed by atoms with E-state index in [2.05, 4.69) is 23.6 Å². The second-order valence-corrected chi connectivity index (χ2v) is 9.44. The summed E-state index contributed by atoms with van der Waals surface area (Å²) in [5.41, 5.74) is 1.41. The Balaban J connectivity index is 1.50. The number of hydrogen-bond acceptors (Lipinski definition) is 5. The number of aryl methyl sites for hydroxylation is 1. The molecule has 1 amide bonds. The Kier molecular flexibility index (Phi) is 4.96. The number of piperidine rings is 1. The number of hydrogen-bond donors (Lipinski definition) is 0. The zero-order chi connectivity index (χ0) is 20.6. The normalized spacial score (nSPS) is 19.6. The average molecular weight is 413 g/mol. The minimum atomic E-state index is -4.05. The highest BCUT2D eigenvalue weighted by Crippen LogP contribution is 2.43. The van der Waals surface area contributed by atoms with Crippen molar-refractivity contribution < 1.29 is 17.9 Å². The van der Waals surface area contributed by atoms with Crippen molar-refractivity contribution in [3.05, 3.63) is 78.0 Å². The molecule has 2 aromatic carbocycles. The van der Waals surface area contributed by atoms with Crippen molar-refractivity contribution in [3.8, 4) is 0 Å². The molecule has 0 N–H and O–H groups in total. The second kappa shape index (κ2) is 7.31. The Hall–Kier alpha value is -2.64. The molecule has 0 radical (unpaired) electrons. The quantitative estimate of drug-likeness (QED) is 0.766. The van der Waals surface area contributed by atoms with Crippen molar-refractivity contribution in [2.75, 3.05) is 13.1 Å². The molecule has 2 fully saturated rings. The van der Waals surface area contributed by atoms with Crippen molar-refractivity contribution in [1.29, 1.82) is 0 Å². The molecule has 152 valence electrons. The van der Waals surface area contributed by atoms with E-state index >= 15 is 0 Å². The van der Waals surface area contributed by atoms with Gasteiger partial charge in [-0.1, -0.05) is 54.6 Å². The number of likely N-dealkylation sites (tertiary alicyclic amines) is 1. The van der Waals surface area contributed by atoms with E-state index in [9.17, 15) is 13.2 Å². The molecule has 0 aliphatic carbocycles. The van der Waals surface area contributed by atoms with Gasteiger partial charge in [-0.25, -0.2) is 13.2 Å². The molecule has 0 atom stereocenters. The lowest BCUT2D eigenvalue weighted by Gasteiger charge is -2.38. The van der Waals surface area contributed by atoms with E-state index in [4.69, 9.17) is 4.74 Å². The Labute approximate surface area is 171 Å². The molecule has 0 aromatic heterocycles. The van der Waals surface area contributed by atoms with Crippen LogP contribution in [-0.2, 0) is 21.3 Å². The van der Waals surface area contributed by atoms with Crippen LogP contribution >= 0.6 is 0 Å². The summed E-state index contributed by atoms with van der Waals surface area (Å²) in [5, 5.41) is 0. The maximum atomic E-state index is 13.1. The predicted molar refractivity (Wildman–Crippen MR) is 110 cm³/mol. The molecule has 2 saturated heterocycles. The fraction of sp³-hybridized carbons (Fsp3) is 0.318. The molecule has 4 rings (SSSR count). The van der Waals surface area contributed by atoms with Crippen molar-refractivity contribution in [2.45, 2.75) is 36.8 Å². The largest absolute Gasteiger partial charge is 0.435 e. The van der Waals surface area contributed by atoms with Crippen molar-refractivity contribution >= 4 is 16.1 Å². The summed E-state index contributed by atoms with van der Waals surface area (Å²) < 4.78 is 32.5. The molecular weight excluding hydrogens is 388 g/mol. The Morgan fingerprint density at radius 1 is 1.03 bits per heavy atom. The monoisotopic (exact) mass is 412 g/mol. The van der Waals surface area contributed by atoms with E-state index in [1.165, 1.54) is 17.7 Å². The minimum absolute atomic E-state index is 0.0553. The van der Waals surface area contributed by atoms with Gasteiger partial charge in [0.25, 0.3) is 10.0 Å². The first-order chi connectivity index (χ1) is 13.8. The van der Waals surface area contributed by atoms with Gasteiger partial charge in [-0.3, -0.25) is 4.90 Å². The van der Waals surface area contributed by atoms with E-state index in [1.54, 1.807) is 12.1 Å². The van der Waals surface area contributed by atoms with Gasteiger partial charge >= 0.3 is 6.09 Å². The first-order valence-corrected chi connectivity index (χ1v) is 11.1. The smallest absolute Gasteiger partial charge is 0.429 e. The molecule has 0 unspecified atom stereocenters. The number of rotatable bonds is 4. The van der Waals surface area contributed by atoms with Crippen LogP contribution in [0.1, 0.15) is 24.0 Å². The number of sulfonamides is 1. The fourth-order valence-corrected chi connectivity index (χ4v) is 5.31. The molecule has 2 heterocycles. The minimum Gasteiger partial charge on any atom is -0.435 e. The molecule has 7 heteroatoms. The average Bonchev–Trinajstić information content (AvgIpc) is 2.95. The van der Waals surface area contributed by atoms with Gasteiger partial charge < -0.3 is 4.74 Å². The molecule has 0 bridgehead atoms. The van der Waals surface area contributed by atoms with Crippen LogP contribution in [0.5, 0.6) is 0 Å². The van der Waals surface area contributed by atoms with Gasteiger partial charge in [-0.2, -0.15) is 4.31 Å². The van der Waals surface area contributed by atoms with Gasteiger partial charge in [0, 0.05) is 32.5 Å². The Morgan fingerprint density at radius 2 is 1.66 bits per heavy atom.